The zero-order valence-corrected chi connectivity index (χ0v) is 11.8. The average molecular weight is 264 g/mol. The summed E-state index contributed by atoms with van der Waals surface area (Å²) >= 11 is 0. The van der Waals surface area contributed by atoms with Crippen molar-refractivity contribution in [3.8, 4) is 0 Å². The van der Waals surface area contributed by atoms with E-state index in [1.807, 2.05) is 6.92 Å². The van der Waals surface area contributed by atoms with Gasteiger partial charge in [0.25, 0.3) is 0 Å². The maximum absolute atomic E-state index is 11.6. The molecule has 0 radical (unpaired) electrons. The predicted molar refractivity (Wildman–Crippen MR) is 68.6 cm³/mol. The van der Waals surface area contributed by atoms with E-state index in [9.17, 15) is 8.42 Å². The van der Waals surface area contributed by atoms with Crippen LogP contribution in [0.1, 0.15) is 27.2 Å². The summed E-state index contributed by atoms with van der Waals surface area (Å²) in [5, 5.41) is 0. The van der Waals surface area contributed by atoms with Crippen LogP contribution in [0.3, 0.4) is 0 Å². The minimum Gasteiger partial charge on any atom is -0.379 e. The van der Waals surface area contributed by atoms with Crippen LogP contribution >= 0.6 is 0 Å². The third-order valence-electron chi connectivity index (χ3n) is 3.06. The van der Waals surface area contributed by atoms with Gasteiger partial charge in [-0.25, -0.2) is 13.1 Å². The van der Waals surface area contributed by atoms with E-state index in [1.54, 1.807) is 0 Å². The predicted octanol–water partition coefficient (Wildman–Crippen LogP) is 0.427. The smallest absolute Gasteiger partial charge is 0.211 e. The lowest BCUT2D eigenvalue weighted by molar-refractivity contribution is -0.00803. The molecule has 0 amide bonds. The van der Waals surface area contributed by atoms with Crippen LogP contribution in [0.5, 0.6) is 0 Å². The van der Waals surface area contributed by atoms with E-state index in [0.717, 1.165) is 26.3 Å². The molecule has 0 bridgehead atoms. The van der Waals surface area contributed by atoms with Gasteiger partial charge in [0, 0.05) is 25.2 Å². The zero-order valence-electron chi connectivity index (χ0n) is 11.0. The molecule has 0 atom stereocenters. The quantitative estimate of drug-likeness (QED) is 0.756. The van der Waals surface area contributed by atoms with Gasteiger partial charge in [0.2, 0.25) is 10.0 Å². The molecule has 1 fully saturated rings. The van der Waals surface area contributed by atoms with Gasteiger partial charge in [0.05, 0.1) is 19.0 Å². The lowest BCUT2D eigenvalue weighted by atomic mass is 10.0. The molecule has 0 aliphatic carbocycles. The molecule has 0 saturated carbocycles. The van der Waals surface area contributed by atoms with Crippen molar-refractivity contribution in [2.45, 2.75) is 32.7 Å². The Kier molecular flexibility index (Phi) is 5.37. The molecular weight excluding hydrogens is 240 g/mol. The molecule has 1 aliphatic heterocycles. The number of hydrogen-bond acceptors (Lipinski definition) is 4. The number of nitrogens with one attached hydrogen (secondary N) is 1. The Morgan fingerprint density at radius 3 is 2.41 bits per heavy atom. The van der Waals surface area contributed by atoms with Gasteiger partial charge in [-0.2, -0.15) is 0 Å². The summed E-state index contributed by atoms with van der Waals surface area (Å²) in [6.45, 7) is 9.63. The molecule has 0 aromatic carbocycles. The molecule has 102 valence electrons. The summed E-state index contributed by atoms with van der Waals surface area (Å²) in [5.41, 5.74) is -0.162. The van der Waals surface area contributed by atoms with Crippen LogP contribution in [0.15, 0.2) is 0 Å². The van der Waals surface area contributed by atoms with Crippen molar-refractivity contribution >= 4 is 10.0 Å². The minimum absolute atomic E-state index is 0.162. The maximum atomic E-state index is 11.6. The van der Waals surface area contributed by atoms with E-state index in [1.165, 1.54) is 0 Å². The summed E-state index contributed by atoms with van der Waals surface area (Å²) in [4.78, 5) is 2.27. The van der Waals surface area contributed by atoms with Gasteiger partial charge in [-0.05, 0) is 20.3 Å². The molecule has 1 N–H and O–H groups in total. The van der Waals surface area contributed by atoms with Crippen molar-refractivity contribution in [2.75, 3.05) is 38.6 Å². The SMILES string of the molecule is CCCS(=O)(=O)NCC(C)(C)N1CCOCC1. The normalized spacial score (nSPS) is 19.5. The van der Waals surface area contributed by atoms with Gasteiger partial charge in [0.1, 0.15) is 0 Å². The lowest BCUT2D eigenvalue weighted by Crippen LogP contribution is -2.55. The Morgan fingerprint density at radius 2 is 1.88 bits per heavy atom. The van der Waals surface area contributed by atoms with Gasteiger partial charge >= 0.3 is 0 Å². The highest BCUT2D eigenvalue weighted by Crippen LogP contribution is 2.15. The van der Waals surface area contributed by atoms with Crippen LogP contribution < -0.4 is 4.72 Å². The van der Waals surface area contributed by atoms with Crippen molar-refractivity contribution in [3.63, 3.8) is 0 Å². The maximum Gasteiger partial charge on any atom is 0.211 e. The Balaban J connectivity index is 2.48. The van der Waals surface area contributed by atoms with E-state index in [0.29, 0.717) is 13.0 Å². The van der Waals surface area contributed by atoms with Gasteiger partial charge in [0.15, 0.2) is 0 Å². The van der Waals surface area contributed by atoms with E-state index in [2.05, 4.69) is 23.5 Å². The molecule has 1 heterocycles. The van der Waals surface area contributed by atoms with Crippen molar-refractivity contribution in [1.29, 1.82) is 0 Å². The fraction of sp³-hybridized carbons (Fsp3) is 1.00. The molecule has 1 saturated heterocycles. The molecule has 6 heteroatoms. The summed E-state index contributed by atoms with van der Waals surface area (Å²) in [7, 11) is -3.11. The Labute approximate surface area is 105 Å². The van der Waals surface area contributed by atoms with Crippen LogP contribution in [0.25, 0.3) is 0 Å². The second-order valence-electron chi connectivity index (χ2n) is 5.05. The van der Waals surface area contributed by atoms with Gasteiger partial charge in [-0.3, -0.25) is 4.90 Å². The van der Waals surface area contributed by atoms with Crippen LogP contribution in [0.4, 0.5) is 0 Å². The van der Waals surface area contributed by atoms with Gasteiger partial charge in [-0.15, -0.1) is 0 Å². The zero-order chi connectivity index (χ0) is 12.9. The average Bonchev–Trinajstić information content (AvgIpc) is 2.28. The first kappa shape index (κ1) is 14.9. The molecule has 0 aromatic heterocycles. The highest BCUT2D eigenvalue weighted by molar-refractivity contribution is 7.89. The van der Waals surface area contributed by atoms with E-state index in [-0.39, 0.29) is 11.3 Å². The number of hydrogen-bond donors (Lipinski definition) is 1. The van der Waals surface area contributed by atoms with Crippen LogP contribution in [0, 0.1) is 0 Å². The molecule has 5 nitrogen and oxygen atoms in total. The van der Waals surface area contributed by atoms with Crippen LogP contribution in [-0.2, 0) is 14.8 Å². The Hall–Kier alpha value is -0.170. The fourth-order valence-corrected chi connectivity index (χ4v) is 3.16. The molecule has 1 rings (SSSR count). The largest absolute Gasteiger partial charge is 0.379 e. The van der Waals surface area contributed by atoms with Gasteiger partial charge < -0.3 is 4.74 Å². The summed E-state index contributed by atoms with van der Waals surface area (Å²) in [6, 6.07) is 0. The third-order valence-corrected chi connectivity index (χ3v) is 4.59. The first-order chi connectivity index (χ1) is 7.87. The molecule has 0 aromatic rings. The molecule has 0 unspecified atom stereocenters. The summed E-state index contributed by atoms with van der Waals surface area (Å²) in [6.07, 6.45) is 0.646. The summed E-state index contributed by atoms with van der Waals surface area (Å²) in [5.74, 6) is 0.201. The number of ether oxygens (including phenoxy) is 1. The number of nitrogens with zero attached hydrogens (tertiary/aromatic N) is 1. The highest BCUT2D eigenvalue weighted by Gasteiger charge is 2.29. The minimum atomic E-state index is -3.11. The summed E-state index contributed by atoms with van der Waals surface area (Å²) < 4.78 is 31.2. The van der Waals surface area contributed by atoms with Crippen LogP contribution in [0.2, 0.25) is 0 Å². The number of sulfonamides is 1. The van der Waals surface area contributed by atoms with E-state index < -0.39 is 10.0 Å². The van der Waals surface area contributed by atoms with E-state index >= 15 is 0 Å². The second-order valence-corrected chi connectivity index (χ2v) is 6.98. The molecule has 1 aliphatic rings. The first-order valence-electron chi connectivity index (χ1n) is 6.17. The van der Waals surface area contributed by atoms with E-state index in [4.69, 9.17) is 4.74 Å². The second kappa shape index (κ2) is 6.13. The Bertz CT molecular complexity index is 322. The van der Waals surface area contributed by atoms with Crippen molar-refractivity contribution < 1.29 is 13.2 Å². The van der Waals surface area contributed by atoms with Crippen molar-refractivity contribution in [1.82, 2.24) is 9.62 Å². The fourth-order valence-electron chi connectivity index (χ4n) is 1.91. The van der Waals surface area contributed by atoms with Crippen molar-refractivity contribution in [3.05, 3.63) is 0 Å². The highest BCUT2D eigenvalue weighted by atomic mass is 32.2. The molecular formula is C11H24N2O3S. The number of morpholine rings is 1. The standard InChI is InChI=1S/C11H24N2O3S/c1-4-9-17(14,15)12-10-11(2,3)13-5-7-16-8-6-13/h12H,4-10H2,1-3H3. The van der Waals surface area contributed by atoms with Crippen LogP contribution in [-0.4, -0.2) is 57.5 Å². The molecule has 17 heavy (non-hydrogen) atoms. The molecule has 0 spiro atoms. The topological polar surface area (TPSA) is 58.6 Å². The number of rotatable bonds is 6. The van der Waals surface area contributed by atoms with Gasteiger partial charge in [-0.1, -0.05) is 6.92 Å². The monoisotopic (exact) mass is 264 g/mol. The van der Waals surface area contributed by atoms with Crippen molar-refractivity contribution in [2.24, 2.45) is 0 Å². The lowest BCUT2D eigenvalue weighted by Gasteiger charge is -2.40. The third kappa shape index (κ3) is 4.91. The Morgan fingerprint density at radius 1 is 1.29 bits per heavy atom. The first-order valence-corrected chi connectivity index (χ1v) is 7.83.